The number of epoxide rings is 1. The molecule has 2 aromatic rings. The molecule has 3 heterocycles. The number of nitrogens with zero attached hydrogens (tertiary/aromatic N) is 2. The predicted molar refractivity (Wildman–Crippen MR) is 142 cm³/mol. The van der Waals surface area contributed by atoms with Crippen molar-refractivity contribution in [2.24, 2.45) is 5.92 Å². The maximum atomic E-state index is 10.9. The third kappa shape index (κ3) is 4.85. The highest BCUT2D eigenvalue weighted by molar-refractivity contribution is 5.65. The molecule has 5 unspecified atom stereocenters. The smallest absolute Gasteiger partial charge is 0.167 e. The van der Waals surface area contributed by atoms with Gasteiger partial charge in [0.25, 0.3) is 0 Å². The molecule has 3 aliphatic heterocycles. The van der Waals surface area contributed by atoms with Gasteiger partial charge in [-0.05, 0) is 54.0 Å². The van der Waals surface area contributed by atoms with Crippen molar-refractivity contribution in [2.45, 2.75) is 44.2 Å². The average molecular weight is 507 g/mol. The normalized spacial score (nSPS) is 28.1. The van der Waals surface area contributed by atoms with E-state index in [2.05, 4.69) is 13.2 Å². The van der Waals surface area contributed by atoms with Crippen molar-refractivity contribution in [3.8, 4) is 11.5 Å². The van der Waals surface area contributed by atoms with Crippen molar-refractivity contribution >= 4 is 11.4 Å². The Morgan fingerprint density at radius 2 is 1.49 bits per heavy atom. The van der Waals surface area contributed by atoms with E-state index in [0.29, 0.717) is 43.4 Å². The third-order valence-corrected chi connectivity index (χ3v) is 7.06. The molecule has 8 heteroatoms. The predicted octanol–water partition coefficient (Wildman–Crippen LogP) is 3.31. The van der Waals surface area contributed by atoms with E-state index in [4.69, 9.17) is 14.2 Å². The first-order chi connectivity index (χ1) is 17.9. The molecule has 2 fully saturated rings. The molecule has 5 rings (SSSR count). The second kappa shape index (κ2) is 10.2. The summed E-state index contributed by atoms with van der Waals surface area (Å²) in [5.41, 5.74) is 2.93. The van der Waals surface area contributed by atoms with Gasteiger partial charge in [-0.1, -0.05) is 44.4 Å². The van der Waals surface area contributed by atoms with E-state index >= 15 is 0 Å². The number of hydrogen-bond acceptors (Lipinski definition) is 8. The van der Waals surface area contributed by atoms with Gasteiger partial charge in [-0.2, -0.15) is 0 Å². The molecule has 1 spiro atoms. The fraction of sp³-hybridized carbons (Fsp3) is 0.379. The van der Waals surface area contributed by atoms with Crippen molar-refractivity contribution in [1.29, 1.82) is 0 Å². The average Bonchev–Trinajstić information content (AvgIpc) is 3.51. The Morgan fingerprint density at radius 3 is 2.03 bits per heavy atom. The molecular weight excluding hydrogens is 472 g/mol. The highest BCUT2D eigenvalue weighted by Crippen LogP contribution is 2.51. The standard InChI is InChI=1S/C29H34N2O6/c1-4-12-35-24-15-20(6-8-22(24)30-26(32)10-11-27(30)33)14-21-7-9-23(25(16-21)36-13-5-2)31-28(34)19(3)17-29(31)18-37-29/h4-11,15-16,19,26-28,32-34H,1-2,12-14,17-18H2,3H3. The molecule has 0 aliphatic carbocycles. The molecule has 0 aromatic heterocycles. The van der Waals surface area contributed by atoms with E-state index in [-0.39, 0.29) is 5.92 Å². The van der Waals surface area contributed by atoms with Crippen LogP contribution in [-0.2, 0) is 11.2 Å². The molecule has 3 aliphatic rings. The zero-order chi connectivity index (χ0) is 26.2. The molecule has 2 saturated heterocycles. The van der Waals surface area contributed by atoms with E-state index in [1.807, 2.05) is 48.2 Å². The number of benzene rings is 2. The van der Waals surface area contributed by atoms with E-state index in [9.17, 15) is 15.3 Å². The van der Waals surface area contributed by atoms with Crippen LogP contribution < -0.4 is 19.3 Å². The van der Waals surface area contributed by atoms with Crippen molar-refractivity contribution in [1.82, 2.24) is 0 Å². The van der Waals surface area contributed by atoms with Gasteiger partial charge in [0.2, 0.25) is 0 Å². The van der Waals surface area contributed by atoms with Gasteiger partial charge in [0, 0.05) is 12.3 Å². The van der Waals surface area contributed by atoms with Crippen LogP contribution in [0.15, 0.2) is 73.9 Å². The quantitative estimate of drug-likeness (QED) is 0.334. The van der Waals surface area contributed by atoms with Crippen molar-refractivity contribution in [2.75, 3.05) is 29.6 Å². The zero-order valence-corrected chi connectivity index (χ0v) is 21.0. The van der Waals surface area contributed by atoms with Crippen LogP contribution in [0.3, 0.4) is 0 Å². The Morgan fingerprint density at radius 1 is 0.946 bits per heavy atom. The lowest BCUT2D eigenvalue weighted by atomic mass is 10.0. The van der Waals surface area contributed by atoms with E-state index in [1.165, 1.54) is 17.1 Å². The third-order valence-electron chi connectivity index (χ3n) is 7.06. The summed E-state index contributed by atoms with van der Waals surface area (Å²) in [6.07, 6.45) is 5.26. The Bertz CT molecular complexity index is 1180. The summed E-state index contributed by atoms with van der Waals surface area (Å²) in [5.74, 6) is 1.29. The van der Waals surface area contributed by atoms with Crippen molar-refractivity contribution in [3.63, 3.8) is 0 Å². The van der Waals surface area contributed by atoms with E-state index < -0.39 is 24.4 Å². The minimum Gasteiger partial charge on any atom is -0.487 e. The number of anilines is 2. The number of rotatable bonds is 10. The minimum absolute atomic E-state index is 0.0878. The molecule has 5 atom stereocenters. The van der Waals surface area contributed by atoms with Gasteiger partial charge < -0.3 is 39.3 Å². The van der Waals surface area contributed by atoms with Crippen LogP contribution in [0, 0.1) is 5.92 Å². The number of aliphatic hydroxyl groups is 3. The molecule has 0 bridgehead atoms. The highest BCUT2D eigenvalue weighted by Gasteiger charge is 2.60. The summed E-state index contributed by atoms with van der Waals surface area (Å²) in [6, 6.07) is 11.7. The van der Waals surface area contributed by atoms with Crippen LogP contribution in [0.4, 0.5) is 11.4 Å². The molecular formula is C29H34N2O6. The Balaban J connectivity index is 1.43. The lowest BCUT2D eigenvalue weighted by molar-refractivity contribution is 0.138. The van der Waals surface area contributed by atoms with Crippen LogP contribution in [-0.4, -0.2) is 59.5 Å². The fourth-order valence-electron chi connectivity index (χ4n) is 5.24. The first kappa shape index (κ1) is 25.4. The minimum atomic E-state index is -0.938. The Kier molecular flexibility index (Phi) is 7.00. The first-order valence-electron chi connectivity index (χ1n) is 12.5. The molecule has 0 saturated carbocycles. The van der Waals surface area contributed by atoms with Gasteiger partial charge in [0.15, 0.2) is 5.72 Å². The maximum Gasteiger partial charge on any atom is 0.167 e. The largest absolute Gasteiger partial charge is 0.487 e. The molecule has 8 nitrogen and oxygen atoms in total. The van der Waals surface area contributed by atoms with Gasteiger partial charge in [-0.15, -0.1) is 0 Å². The monoisotopic (exact) mass is 506 g/mol. The van der Waals surface area contributed by atoms with Gasteiger partial charge in [0.1, 0.15) is 43.4 Å². The lowest BCUT2D eigenvalue weighted by Gasteiger charge is -2.30. The van der Waals surface area contributed by atoms with Gasteiger partial charge in [-0.25, -0.2) is 0 Å². The lowest BCUT2D eigenvalue weighted by Crippen LogP contribution is -2.40. The Labute approximate surface area is 217 Å². The van der Waals surface area contributed by atoms with Gasteiger partial charge in [0.05, 0.1) is 18.0 Å². The van der Waals surface area contributed by atoms with Crippen LogP contribution in [0.5, 0.6) is 11.5 Å². The van der Waals surface area contributed by atoms with E-state index in [0.717, 1.165) is 23.2 Å². The summed E-state index contributed by atoms with van der Waals surface area (Å²) in [7, 11) is 0. The SMILES string of the molecule is C=CCOc1cc(Cc2ccc(N3C(O)C(C)CC34CO4)c(OCC=C)c2)ccc1N1C(O)C=CC1O. The second-order valence-corrected chi connectivity index (χ2v) is 9.80. The van der Waals surface area contributed by atoms with Crippen molar-refractivity contribution in [3.05, 3.63) is 85.0 Å². The van der Waals surface area contributed by atoms with E-state index in [1.54, 1.807) is 12.2 Å². The summed E-state index contributed by atoms with van der Waals surface area (Å²) >= 11 is 0. The molecule has 37 heavy (non-hydrogen) atoms. The summed E-state index contributed by atoms with van der Waals surface area (Å²) in [4.78, 5) is 3.42. The highest BCUT2D eigenvalue weighted by atomic mass is 16.6. The van der Waals surface area contributed by atoms with Crippen LogP contribution >= 0.6 is 0 Å². The zero-order valence-electron chi connectivity index (χ0n) is 21.0. The summed E-state index contributed by atoms with van der Waals surface area (Å²) in [5, 5.41) is 31.5. The number of aliphatic hydroxyl groups excluding tert-OH is 3. The molecule has 2 aromatic carbocycles. The molecule has 0 radical (unpaired) electrons. The molecule has 0 amide bonds. The molecule has 196 valence electrons. The summed E-state index contributed by atoms with van der Waals surface area (Å²) in [6.45, 7) is 10.7. The Hall–Kier alpha value is -3.30. The maximum absolute atomic E-state index is 10.9. The van der Waals surface area contributed by atoms with Crippen molar-refractivity contribution < 1.29 is 29.5 Å². The number of hydrogen-bond donors (Lipinski definition) is 3. The van der Waals surface area contributed by atoms with Gasteiger partial charge in [-0.3, -0.25) is 0 Å². The van der Waals surface area contributed by atoms with Crippen LogP contribution in [0.25, 0.3) is 0 Å². The number of ether oxygens (including phenoxy) is 3. The first-order valence-corrected chi connectivity index (χ1v) is 12.5. The summed E-state index contributed by atoms with van der Waals surface area (Å²) < 4.78 is 17.7. The van der Waals surface area contributed by atoms with Crippen LogP contribution in [0.1, 0.15) is 24.5 Å². The van der Waals surface area contributed by atoms with Gasteiger partial charge >= 0.3 is 0 Å². The molecule has 3 N–H and O–H groups in total. The fourth-order valence-corrected chi connectivity index (χ4v) is 5.24. The second-order valence-electron chi connectivity index (χ2n) is 9.80. The van der Waals surface area contributed by atoms with Crippen LogP contribution in [0.2, 0.25) is 0 Å². The topological polar surface area (TPSA) is 98.2 Å².